The monoisotopic (exact) mass is 291 g/mol. The highest BCUT2D eigenvalue weighted by molar-refractivity contribution is 7.90. The van der Waals surface area contributed by atoms with E-state index in [1.807, 2.05) is 6.92 Å². The second-order valence-corrected chi connectivity index (χ2v) is 7.26. The number of hydrogen-bond acceptors (Lipinski definition) is 6. The Morgan fingerprint density at radius 1 is 1.56 bits per heavy atom. The van der Waals surface area contributed by atoms with Crippen LogP contribution in [0.2, 0.25) is 0 Å². The van der Waals surface area contributed by atoms with E-state index in [0.717, 1.165) is 5.01 Å². The number of nitrogens with zero attached hydrogens (tertiary/aromatic N) is 1. The van der Waals surface area contributed by atoms with Crippen LogP contribution in [0.5, 0.6) is 0 Å². The van der Waals surface area contributed by atoms with Crippen LogP contribution >= 0.6 is 11.3 Å². The summed E-state index contributed by atoms with van der Waals surface area (Å²) in [7, 11) is -2.96. The normalized spacial score (nSPS) is 13.3. The van der Waals surface area contributed by atoms with Crippen LogP contribution in [-0.2, 0) is 14.6 Å². The summed E-state index contributed by atoms with van der Waals surface area (Å²) in [6, 6.07) is 0. The molecule has 0 radical (unpaired) electrons. The highest BCUT2D eigenvalue weighted by atomic mass is 32.2. The molecule has 0 spiro atoms. The third-order valence-electron chi connectivity index (χ3n) is 2.35. The highest BCUT2D eigenvalue weighted by Crippen LogP contribution is 2.23. The third-order valence-corrected chi connectivity index (χ3v) is 4.40. The molecule has 0 aliphatic carbocycles. The quantitative estimate of drug-likeness (QED) is 0.748. The van der Waals surface area contributed by atoms with Crippen LogP contribution in [0, 0.1) is 0 Å². The van der Waals surface area contributed by atoms with Gasteiger partial charge >= 0.3 is 5.97 Å². The van der Waals surface area contributed by atoms with Crippen LogP contribution in [-0.4, -0.2) is 38.0 Å². The molecule has 0 aliphatic rings. The number of thiazole rings is 1. The summed E-state index contributed by atoms with van der Waals surface area (Å²) in [5, 5.41) is 2.41. The Bertz CT molecular complexity index is 507. The van der Waals surface area contributed by atoms with Crippen LogP contribution in [0.1, 0.15) is 41.7 Å². The Morgan fingerprint density at radius 3 is 2.78 bits per heavy atom. The fraction of sp³-hybridized carbons (Fsp3) is 0.636. The van der Waals surface area contributed by atoms with Crippen LogP contribution < -0.4 is 0 Å². The average Bonchev–Trinajstić information content (AvgIpc) is 2.74. The van der Waals surface area contributed by atoms with E-state index in [-0.39, 0.29) is 11.7 Å². The second-order valence-electron chi connectivity index (χ2n) is 4.11. The van der Waals surface area contributed by atoms with E-state index in [9.17, 15) is 13.2 Å². The first kappa shape index (κ1) is 15.1. The Labute approximate surface area is 111 Å². The number of rotatable bonds is 6. The number of aromatic nitrogens is 1. The van der Waals surface area contributed by atoms with Gasteiger partial charge in [-0.25, -0.2) is 18.2 Å². The largest absolute Gasteiger partial charge is 0.461 e. The van der Waals surface area contributed by atoms with Gasteiger partial charge in [-0.1, -0.05) is 6.92 Å². The molecule has 1 atom stereocenters. The van der Waals surface area contributed by atoms with Crippen molar-refractivity contribution in [1.82, 2.24) is 4.98 Å². The van der Waals surface area contributed by atoms with Crippen molar-refractivity contribution in [3.05, 3.63) is 16.1 Å². The Balaban J connectivity index is 2.65. The number of carbonyl (C=O) groups excluding carboxylic acids is 1. The van der Waals surface area contributed by atoms with Gasteiger partial charge in [0.05, 0.1) is 17.4 Å². The molecule has 0 amide bonds. The number of esters is 1. The molecule has 0 fully saturated rings. The molecule has 0 N–H and O–H groups in total. The molecule has 5 nitrogen and oxygen atoms in total. The van der Waals surface area contributed by atoms with E-state index in [2.05, 4.69) is 4.98 Å². The minimum atomic E-state index is -2.96. The third kappa shape index (κ3) is 4.73. The number of ether oxygens (including phenoxy) is 1. The van der Waals surface area contributed by atoms with Gasteiger partial charge in [-0.3, -0.25) is 0 Å². The van der Waals surface area contributed by atoms with Crippen LogP contribution in [0.25, 0.3) is 0 Å². The predicted molar refractivity (Wildman–Crippen MR) is 70.8 cm³/mol. The summed E-state index contributed by atoms with van der Waals surface area (Å²) < 4.78 is 27.0. The van der Waals surface area contributed by atoms with Crippen LogP contribution in [0.4, 0.5) is 0 Å². The van der Waals surface area contributed by atoms with Gasteiger partial charge in [0.1, 0.15) is 9.84 Å². The number of carbonyl (C=O) groups is 1. The van der Waals surface area contributed by atoms with Gasteiger partial charge < -0.3 is 4.74 Å². The van der Waals surface area contributed by atoms with Crippen molar-refractivity contribution in [2.75, 3.05) is 18.6 Å². The molecule has 0 bridgehead atoms. The zero-order chi connectivity index (χ0) is 13.8. The molecule has 18 heavy (non-hydrogen) atoms. The van der Waals surface area contributed by atoms with Gasteiger partial charge in [0, 0.05) is 17.6 Å². The van der Waals surface area contributed by atoms with Crippen molar-refractivity contribution < 1.29 is 17.9 Å². The fourth-order valence-corrected chi connectivity index (χ4v) is 2.99. The number of hydrogen-bond donors (Lipinski definition) is 0. The lowest BCUT2D eigenvalue weighted by Gasteiger charge is -2.06. The van der Waals surface area contributed by atoms with Gasteiger partial charge in [0.15, 0.2) is 5.69 Å². The highest BCUT2D eigenvalue weighted by Gasteiger charge is 2.16. The standard InChI is InChI=1S/C11H17NO4S2/c1-4-16-11(13)9-7-17-10(12-9)8(2)5-6-18(3,14)15/h7-8H,4-6H2,1-3H3. The summed E-state index contributed by atoms with van der Waals surface area (Å²) in [4.78, 5) is 15.6. The number of sulfone groups is 1. The van der Waals surface area contributed by atoms with Crippen molar-refractivity contribution in [3.63, 3.8) is 0 Å². The lowest BCUT2D eigenvalue weighted by molar-refractivity contribution is 0.0520. The van der Waals surface area contributed by atoms with Crippen molar-refractivity contribution in [2.45, 2.75) is 26.2 Å². The fourth-order valence-electron chi connectivity index (χ4n) is 1.33. The lowest BCUT2D eigenvalue weighted by atomic mass is 10.1. The molecule has 1 aromatic rings. The SMILES string of the molecule is CCOC(=O)c1csc(C(C)CCS(C)(=O)=O)n1. The van der Waals surface area contributed by atoms with Crippen LogP contribution in [0.15, 0.2) is 5.38 Å². The molecule has 0 aromatic carbocycles. The Hall–Kier alpha value is -0.950. The minimum absolute atomic E-state index is 0.0212. The maximum atomic E-state index is 11.4. The summed E-state index contributed by atoms with van der Waals surface area (Å²) in [6.45, 7) is 3.95. The average molecular weight is 291 g/mol. The Kier molecular flexibility index (Phi) is 5.28. The Morgan fingerprint density at radius 2 is 2.22 bits per heavy atom. The van der Waals surface area contributed by atoms with Crippen LogP contribution in [0.3, 0.4) is 0 Å². The molecule has 0 saturated heterocycles. The van der Waals surface area contributed by atoms with Gasteiger partial charge in [0.2, 0.25) is 0 Å². The zero-order valence-electron chi connectivity index (χ0n) is 10.7. The lowest BCUT2D eigenvalue weighted by Crippen LogP contribution is -2.08. The first-order valence-electron chi connectivity index (χ1n) is 5.63. The molecule has 1 heterocycles. The van der Waals surface area contributed by atoms with E-state index in [1.165, 1.54) is 17.6 Å². The molecule has 7 heteroatoms. The predicted octanol–water partition coefficient (Wildman–Crippen LogP) is 1.86. The first-order valence-corrected chi connectivity index (χ1v) is 8.57. The zero-order valence-corrected chi connectivity index (χ0v) is 12.3. The van der Waals surface area contributed by atoms with Crippen molar-refractivity contribution in [2.24, 2.45) is 0 Å². The van der Waals surface area contributed by atoms with Gasteiger partial charge in [-0.2, -0.15) is 0 Å². The maximum Gasteiger partial charge on any atom is 0.357 e. The molecule has 1 unspecified atom stereocenters. The summed E-state index contributed by atoms with van der Waals surface area (Å²) in [5.74, 6) is -0.286. The van der Waals surface area contributed by atoms with Crippen molar-refractivity contribution >= 4 is 27.1 Å². The van der Waals surface area contributed by atoms with E-state index in [1.54, 1.807) is 12.3 Å². The molecule has 0 aliphatic heterocycles. The summed E-state index contributed by atoms with van der Waals surface area (Å²) in [5.41, 5.74) is 0.294. The van der Waals surface area contributed by atoms with Crippen molar-refractivity contribution in [3.8, 4) is 0 Å². The molecule has 1 aromatic heterocycles. The van der Waals surface area contributed by atoms with E-state index < -0.39 is 15.8 Å². The molecule has 0 saturated carbocycles. The summed E-state index contributed by atoms with van der Waals surface area (Å²) >= 11 is 1.36. The molecular weight excluding hydrogens is 274 g/mol. The van der Waals surface area contributed by atoms with E-state index in [4.69, 9.17) is 4.74 Å². The minimum Gasteiger partial charge on any atom is -0.461 e. The van der Waals surface area contributed by atoms with Gasteiger partial charge in [-0.15, -0.1) is 11.3 Å². The van der Waals surface area contributed by atoms with Gasteiger partial charge in [-0.05, 0) is 13.3 Å². The smallest absolute Gasteiger partial charge is 0.357 e. The second kappa shape index (κ2) is 6.29. The first-order chi connectivity index (χ1) is 8.33. The van der Waals surface area contributed by atoms with Gasteiger partial charge in [0.25, 0.3) is 0 Å². The maximum absolute atomic E-state index is 11.4. The topological polar surface area (TPSA) is 73.3 Å². The summed E-state index contributed by atoms with van der Waals surface area (Å²) in [6.07, 6.45) is 1.72. The molecule has 102 valence electrons. The molecular formula is C11H17NO4S2. The van der Waals surface area contributed by atoms with E-state index in [0.29, 0.717) is 18.7 Å². The molecule has 1 rings (SSSR count). The van der Waals surface area contributed by atoms with E-state index >= 15 is 0 Å². The van der Waals surface area contributed by atoms with Crippen molar-refractivity contribution in [1.29, 1.82) is 0 Å².